The fraction of sp³-hybridized carbons (Fsp3) is 0.393. The minimum absolute atomic E-state index is 0.0619. The second-order valence-corrected chi connectivity index (χ2v) is 12.1. The fourth-order valence-electron chi connectivity index (χ4n) is 5.04. The van der Waals surface area contributed by atoms with Gasteiger partial charge in [0.2, 0.25) is 0 Å². The van der Waals surface area contributed by atoms with Crippen LogP contribution in [0.2, 0.25) is 0 Å². The minimum atomic E-state index is -3.72. The lowest BCUT2D eigenvalue weighted by Gasteiger charge is -2.41. The van der Waals surface area contributed by atoms with Crippen LogP contribution in [0.3, 0.4) is 0 Å². The third kappa shape index (κ3) is 5.33. The van der Waals surface area contributed by atoms with Gasteiger partial charge in [-0.2, -0.15) is 0 Å². The van der Waals surface area contributed by atoms with Crippen LogP contribution in [0.5, 0.6) is 0 Å². The molecule has 3 aromatic rings. The predicted molar refractivity (Wildman–Crippen MR) is 147 cm³/mol. The van der Waals surface area contributed by atoms with E-state index in [-0.39, 0.29) is 17.5 Å². The first kappa shape index (κ1) is 27.0. The molecule has 9 nitrogen and oxygen atoms in total. The summed E-state index contributed by atoms with van der Waals surface area (Å²) in [5, 5.41) is 5.07. The second-order valence-electron chi connectivity index (χ2n) is 9.86. The smallest absolute Gasteiger partial charge is 0.319 e. The van der Waals surface area contributed by atoms with E-state index >= 15 is 0 Å². The normalized spacial score (nSPS) is 18.7. The summed E-state index contributed by atoms with van der Waals surface area (Å²) in [6.45, 7) is 3.07. The maximum Gasteiger partial charge on any atom is 0.319 e. The van der Waals surface area contributed by atoms with E-state index in [9.17, 15) is 17.6 Å². The molecule has 0 spiro atoms. The van der Waals surface area contributed by atoms with Crippen LogP contribution in [0.4, 0.5) is 20.7 Å². The van der Waals surface area contributed by atoms with E-state index in [1.165, 1.54) is 0 Å². The van der Waals surface area contributed by atoms with Crippen LogP contribution in [-0.4, -0.2) is 63.4 Å². The molecule has 11 heteroatoms. The van der Waals surface area contributed by atoms with Crippen LogP contribution in [0, 0.1) is 0 Å². The van der Waals surface area contributed by atoms with Crippen molar-refractivity contribution in [3.05, 3.63) is 66.4 Å². The van der Waals surface area contributed by atoms with Gasteiger partial charge in [0.25, 0.3) is 0 Å². The predicted octanol–water partition coefficient (Wildman–Crippen LogP) is 4.31. The lowest BCUT2D eigenvalue weighted by molar-refractivity contribution is 0.0985. The number of urea groups is 1. The maximum absolute atomic E-state index is 14.0. The van der Waals surface area contributed by atoms with Gasteiger partial charge >= 0.3 is 6.03 Å². The number of anilines is 2. The molecule has 1 saturated heterocycles. The summed E-state index contributed by atoms with van der Waals surface area (Å²) in [6.07, 6.45) is 1.75. The van der Waals surface area contributed by atoms with Gasteiger partial charge in [-0.05, 0) is 62.6 Å². The molecule has 1 saturated carbocycles. The molecule has 2 aliphatic rings. The van der Waals surface area contributed by atoms with Gasteiger partial charge in [-0.25, -0.2) is 27.6 Å². The summed E-state index contributed by atoms with van der Waals surface area (Å²) in [5.41, 5.74) is 1.69. The van der Waals surface area contributed by atoms with Gasteiger partial charge in [-0.1, -0.05) is 18.2 Å². The zero-order valence-corrected chi connectivity index (χ0v) is 22.6. The maximum atomic E-state index is 14.0. The highest BCUT2D eigenvalue weighted by atomic mass is 32.2. The Labute approximate surface area is 227 Å². The summed E-state index contributed by atoms with van der Waals surface area (Å²) < 4.78 is 44.8. The number of morpholine rings is 1. The Morgan fingerprint density at radius 1 is 1.13 bits per heavy atom. The molecule has 2 heterocycles. The standard InChI is InChI=1S/C28H32FN5O4S/c1-20-19-38-17-16-34(20)25-18-24(28(12-5-13-28)39(36,37)23-6-3-2-4-7-23)32-26(33-25)21-8-10-22(11-9-21)31-27(35)30-15-14-29/h2-4,6-11,18,20H,5,12-17,19H2,1H3,(H2,30,31,35)/t20-/m0/s1. The average Bonchev–Trinajstić information content (AvgIpc) is 2.92. The fourth-order valence-corrected chi connectivity index (χ4v) is 7.21. The molecule has 0 unspecified atom stereocenters. The topological polar surface area (TPSA) is 114 Å². The molecule has 1 aliphatic heterocycles. The third-order valence-corrected chi connectivity index (χ3v) is 9.89. The van der Waals surface area contributed by atoms with Gasteiger partial charge in [0, 0.05) is 30.4 Å². The van der Waals surface area contributed by atoms with Crippen molar-refractivity contribution in [3.63, 3.8) is 0 Å². The van der Waals surface area contributed by atoms with Crippen molar-refractivity contribution in [3.8, 4) is 11.4 Å². The number of hydrogen-bond acceptors (Lipinski definition) is 7. The second kappa shape index (κ2) is 11.3. The molecule has 39 heavy (non-hydrogen) atoms. The van der Waals surface area contributed by atoms with Crippen LogP contribution >= 0.6 is 0 Å². The number of nitrogens with zero attached hydrogens (tertiary/aromatic N) is 3. The number of halogens is 1. The molecule has 206 valence electrons. The Hall–Kier alpha value is -3.57. The minimum Gasteiger partial charge on any atom is -0.377 e. The highest BCUT2D eigenvalue weighted by Gasteiger charge is 2.52. The van der Waals surface area contributed by atoms with Crippen molar-refractivity contribution in [2.45, 2.75) is 41.9 Å². The van der Waals surface area contributed by atoms with Crippen molar-refractivity contribution in [1.29, 1.82) is 0 Å². The number of rotatable bonds is 8. The summed E-state index contributed by atoms with van der Waals surface area (Å²) in [4.78, 5) is 24.0. The van der Waals surface area contributed by atoms with E-state index < -0.39 is 27.3 Å². The molecule has 0 radical (unpaired) electrons. The number of aromatic nitrogens is 2. The van der Waals surface area contributed by atoms with Crippen molar-refractivity contribution >= 4 is 27.4 Å². The number of ether oxygens (including phenoxy) is 1. The molecule has 5 rings (SSSR count). The summed E-state index contributed by atoms with van der Waals surface area (Å²) in [5.74, 6) is 1.07. The number of hydrogen-bond donors (Lipinski definition) is 2. The van der Waals surface area contributed by atoms with Gasteiger partial charge in [-0.3, -0.25) is 0 Å². The number of amides is 2. The molecule has 2 aromatic carbocycles. The van der Waals surface area contributed by atoms with Crippen LogP contribution in [0.1, 0.15) is 31.9 Å². The first-order valence-corrected chi connectivity index (χ1v) is 14.6. The highest BCUT2D eigenvalue weighted by molar-refractivity contribution is 7.92. The Bertz CT molecular complexity index is 1420. The molecule has 1 atom stereocenters. The van der Waals surface area contributed by atoms with Gasteiger partial charge in [-0.15, -0.1) is 0 Å². The highest BCUT2D eigenvalue weighted by Crippen LogP contribution is 2.51. The van der Waals surface area contributed by atoms with Crippen LogP contribution < -0.4 is 15.5 Å². The Morgan fingerprint density at radius 3 is 2.51 bits per heavy atom. The molecule has 2 N–H and O–H groups in total. The SMILES string of the molecule is C[C@H]1COCCN1c1cc(C2(S(=O)(=O)c3ccccc3)CCC2)nc(-c2ccc(NC(=O)NCCF)cc2)n1. The van der Waals surface area contributed by atoms with Crippen molar-refractivity contribution < 1.29 is 22.3 Å². The van der Waals surface area contributed by atoms with E-state index in [0.717, 1.165) is 6.42 Å². The molecule has 0 bridgehead atoms. The molecule has 1 aliphatic carbocycles. The monoisotopic (exact) mass is 553 g/mol. The summed E-state index contributed by atoms with van der Waals surface area (Å²) in [6, 6.07) is 16.9. The number of carbonyl (C=O) groups excluding carboxylic acids is 1. The van der Waals surface area contributed by atoms with Crippen LogP contribution in [-0.2, 0) is 19.3 Å². The largest absolute Gasteiger partial charge is 0.377 e. The average molecular weight is 554 g/mol. The molecule has 1 aromatic heterocycles. The Kier molecular flexibility index (Phi) is 7.81. The first-order valence-electron chi connectivity index (χ1n) is 13.1. The summed E-state index contributed by atoms with van der Waals surface area (Å²) >= 11 is 0. The van der Waals surface area contributed by atoms with Crippen molar-refractivity contribution in [2.75, 3.05) is 43.2 Å². The van der Waals surface area contributed by atoms with Crippen LogP contribution in [0.25, 0.3) is 11.4 Å². The summed E-state index contributed by atoms with van der Waals surface area (Å²) in [7, 11) is -3.72. The van der Waals surface area contributed by atoms with Crippen molar-refractivity contribution in [1.82, 2.24) is 15.3 Å². The van der Waals surface area contributed by atoms with Crippen molar-refractivity contribution in [2.24, 2.45) is 0 Å². The molecular formula is C28H32FN5O4S. The molecule has 2 fully saturated rings. The first-order chi connectivity index (χ1) is 18.8. The number of benzene rings is 2. The third-order valence-electron chi connectivity index (χ3n) is 7.35. The van der Waals surface area contributed by atoms with E-state index in [1.54, 1.807) is 54.6 Å². The van der Waals surface area contributed by atoms with E-state index in [0.29, 0.717) is 61.2 Å². The zero-order valence-electron chi connectivity index (χ0n) is 21.8. The quantitative estimate of drug-likeness (QED) is 0.427. The number of sulfone groups is 1. The van der Waals surface area contributed by atoms with E-state index in [2.05, 4.69) is 22.5 Å². The molecular weight excluding hydrogens is 521 g/mol. The number of alkyl halides is 1. The Morgan fingerprint density at radius 2 is 1.87 bits per heavy atom. The van der Waals surface area contributed by atoms with E-state index in [1.807, 2.05) is 6.07 Å². The lowest BCUT2D eigenvalue weighted by atomic mass is 9.81. The zero-order chi connectivity index (χ0) is 27.5. The van der Waals surface area contributed by atoms with Gasteiger partial charge in [0.15, 0.2) is 15.7 Å². The van der Waals surface area contributed by atoms with Gasteiger partial charge in [0.1, 0.15) is 17.2 Å². The van der Waals surface area contributed by atoms with Gasteiger partial charge < -0.3 is 20.3 Å². The molecule has 2 amide bonds. The van der Waals surface area contributed by atoms with Gasteiger partial charge in [0.05, 0.1) is 29.8 Å². The van der Waals surface area contributed by atoms with Crippen LogP contribution in [0.15, 0.2) is 65.6 Å². The number of nitrogens with one attached hydrogen (secondary N) is 2. The number of carbonyl (C=O) groups is 1. The lowest BCUT2D eigenvalue weighted by Crippen LogP contribution is -2.46. The Balaban J connectivity index is 1.56. The van der Waals surface area contributed by atoms with E-state index in [4.69, 9.17) is 14.7 Å².